The third-order valence-corrected chi connectivity index (χ3v) is 12.4. The predicted octanol–water partition coefficient (Wildman–Crippen LogP) is 3.74. The number of nitrogens with zero attached hydrogens (tertiary/aromatic N) is 4. The number of hydrogen-bond donors (Lipinski definition) is 2. The van der Waals surface area contributed by atoms with Gasteiger partial charge in [-0.15, -0.1) is 0 Å². The molecule has 0 saturated carbocycles. The van der Waals surface area contributed by atoms with Crippen molar-refractivity contribution in [3.63, 3.8) is 0 Å². The molecule has 13 nitrogen and oxygen atoms in total. The lowest BCUT2D eigenvalue weighted by atomic mass is 10.2. The first-order valence-corrected chi connectivity index (χ1v) is 24.2. The van der Waals surface area contributed by atoms with Gasteiger partial charge in [0.25, 0.3) is 10.1 Å². The van der Waals surface area contributed by atoms with Crippen molar-refractivity contribution in [2.75, 3.05) is 119 Å². The van der Waals surface area contributed by atoms with E-state index < -0.39 is 33.5 Å². The summed E-state index contributed by atoms with van der Waals surface area (Å²) in [6, 6.07) is 1.40. The lowest BCUT2D eigenvalue weighted by Crippen LogP contribution is -2.43. The number of ether oxygens (including phenoxy) is 2. The summed E-state index contributed by atoms with van der Waals surface area (Å²) in [6.45, 7) is 23.3. The molecule has 2 N–H and O–H groups in total. The van der Waals surface area contributed by atoms with Gasteiger partial charge < -0.3 is 29.9 Å². The van der Waals surface area contributed by atoms with Crippen LogP contribution in [0.5, 0.6) is 0 Å². The van der Waals surface area contributed by atoms with Crippen molar-refractivity contribution in [1.82, 2.24) is 30.2 Å². The highest BCUT2D eigenvalue weighted by atomic mass is 32.2. The molecular formula is C35H68N6O7S4. The van der Waals surface area contributed by atoms with Crippen LogP contribution in [0.3, 0.4) is 0 Å². The van der Waals surface area contributed by atoms with E-state index in [2.05, 4.69) is 32.2 Å². The second-order valence-electron chi connectivity index (χ2n) is 15.8. The number of hydrogen-bond acceptors (Lipinski definition) is 14. The topological polar surface area (TPSA) is 133 Å². The largest absolute Gasteiger partial charge is 0.444 e. The molecule has 0 aromatic carbocycles. The van der Waals surface area contributed by atoms with Gasteiger partial charge in [-0.2, -0.15) is 43.7 Å². The van der Waals surface area contributed by atoms with Gasteiger partial charge in [0.05, 0.1) is 18.9 Å². The third-order valence-electron chi connectivity index (χ3n) is 8.93. The Balaban J connectivity index is 0.000000198. The lowest BCUT2D eigenvalue weighted by Gasteiger charge is -2.32. The molecule has 6 aliphatic heterocycles. The number of amides is 2. The van der Waals surface area contributed by atoms with Crippen LogP contribution in [0.15, 0.2) is 0 Å². The molecule has 6 aliphatic rings. The molecular weight excluding hydrogens is 745 g/mol. The summed E-state index contributed by atoms with van der Waals surface area (Å²) < 4.78 is 37.3. The maximum absolute atomic E-state index is 12.0. The number of carbonyl (C=O) groups is 2. The van der Waals surface area contributed by atoms with Crippen LogP contribution in [-0.2, 0) is 23.8 Å². The van der Waals surface area contributed by atoms with Gasteiger partial charge in [-0.1, -0.05) is 0 Å². The Hall–Kier alpha value is -0.660. The fraction of sp³-hybridized carbons (Fsp3) is 0.943. The van der Waals surface area contributed by atoms with Crippen molar-refractivity contribution in [3.05, 3.63) is 0 Å². The van der Waals surface area contributed by atoms with Crippen molar-refractivity contribution in [1.29, 1.82) is 0 Å². The standard InChI is InChI=1S/C13H24N2O2S.C10H19NO5S.C8H16N2S.C4H9NS/c1-13(2,3)17-12(16)15-5-4-11(10-15)14-6-8-18-9-7-14;1-10(2,3)15-9(12)11-6-5-8(7-11)16-17(4,13)14;1-2-9-7-8(1)10-3-5-11-6-4-10;1-3-6-4-2-5-1/h11H,4-10H2,1-3H3;8H,5-7H2,1-4H3;8-9H,1-7H2;5H,1-4H2. The highest BCUT2D eigenvalue weighted by Crippen LogP contribution is 2.22. The third kappa shape index (κ3) is 19.3. The Kier molecular flexibility index (Phi) is 20.0. The Morgan fingerprint density at radius 1 is 0.615 bits per heavy atom. The van der Waals surface area contributed by atoms with Crippen LogP contribution in [0.4, 0.5) is 9.59 Å². The van der Waals surface area contributed by atoms with Crippen LogP contribution in [0, 0.1) is 0 Å². The van der Waals surface area contributed by atoms with E-state index >= 15 is 0 Å². The van der Waals surface area contributed by atoms with Gasteiger partial charge in [0.15, 0.2) is 0 Å². The first kappa shape index (κ1) is 45.7. The van der Waals surface area contributed by atoms with Gasteiger partial charge in [-0.05, 0) is 67.3 Å². The first-order chi connectivity index (χ1) is 24.5. The van der Waals surface area contributed by atoms with Crippen LogP contribution in [-0.4, -0.2) is 189 Å². The van der Waals surface area contributed by atoms with E-state index in [0.29, 0.717) is 19.0 Å². The molecule has 6 heterocycles. The van der Waals surface area contributed by atoms with E-state index in [1.165, 1.54) is 85.1 Å². The highest BCUT2D eigenvalue weighted by molar-refractivity contribution is 7.99. The number of carbonyl (C=O) groups excluding carboxylic acids is 2. The maximum Gasteiger partial charge on any atom is 0.410 e. The van der Waals surface area contributed by atoms with Crippen LogP contribution in [0.2, 0.25) is 0 Å². The maximum atomic E-state index is 12.0. The molecule has 6 fully saturated rings. The molecule has 0 spiro atoms. The highest BCUT2D eigenvalue weighted by Gasteiger charge is 2.34. The summed E-state index contributed by atoms with van der Waals surface area (Å²) in [5, 5.41) is 6.69. The lowest BCUT2D eigenvalue weighted by molar-refractivity contribution is 0.0268. The molecule has 6 rings (SSSR count). The van der Waals surface area contributed by atoms with E-state index in [1.54, 1.807) is 20.8 Å². The number of likely N-dealkylation sites (tertiary alicyclic amines) is 2. The number of rotatable bonds is 4. The summed E-state index contributed by atoms with van der Waals surface area (Å²) >= 11 is 6.15. The molecule has 6 saturated heterocycles. The van der Waals surface area contributed by atoms with Crippen molar-refractivity contribution < 1.29 is 31.7 Å². The van der Waals surface area contributed by atoms with Gasteiger partial charge in [-0.25, -0.2) is 9.59 Å². The average Bonchev–Trinajstić information content (AvgIpc) is 3.88. The smallest absolute Gasteiger partial charge is 0.410 e. The van der Waals surface area contributed by atoms with Crippen LogP contribution < -0.4 is 10.6 Å². The van der Waals surface area contributed by atoms with E-state index in [-0.39, 0.29) is 12.6 Å². The number of nitrogens with one attached hydrogen (secondary N) is 2. The zero-order valence-corrected chi connectivity index (χ0v) is 36.1. The molecule has 2 amide bonds. The minimum absolute atomic E-state index is 0.156. The monoisotopic (exact) mass is 812 g/mol. The summed E-state index contributed by atoms with van der Waals surface area (Å²) in [7, 11) is -3.47. The molecule has 0 aromatic rings. The molecule has 0 aromatic heterocycles. The van der Waals surface area contributed by atoms with Crippen molar-refractivity contribution in [3.8, 4) is 0 Å². The predicted molar refractivity (Wildman–Crippen MR) is 218 cm³/mol. The van der Waals surface area contributed by atoms with Gasteiger partial charge in [0.1, 0.15) is 11.2 Å². The van der Waals surface area contributed by atoms with Gasteiger partial charge in [-0.3, -0.25) is 14.0 Å². The molecule has 3 atom stereocenters. The summed E-state index contributed by atoms with van der Waals surface area (Å²) in [5.74, 6) is 7.75. The van der Waals surface area contributed by atoms with Gasteiger partial charge >= 0.3 is 12.2 Å². The van der Waals surface area contributed by atoms with Crippen molar-refractivity contribution in [2.45, 2.75) is 90.2 Å². The van der Waals surface area contributed by atoms with Gasteiger partial charge in [0, 0.05) is 112 Å². The van der Waals surface area contributed by atoms with E-state index in [9.17, 15) is 18.0 Å². The summed E-state index contributed by atoms with van der Waals surface area (Å²) in [5.41, 5.74) is -0.941. The van der Waals surface area contributed by atoms with Crippen LogP contribution >= 0.6 is 35.3 Å². The fourth-order valence-corrected chi connectivity index (χ4v) is 9.73. The normalized spacial score (nSPS) is 26.2. The molecule has 52 heavy (non-hydrogen) atoms. The molecule has 3 unspecified atom stereocenters. The summed E-state index contributed by atoms with van der Waals surface area (Å²) in [6.07, 6.45) is 2.91. The Morgan fingerprint density at radius 3 is 1.52 bits per heavy atom. The second-order valence-corrected chi connectivity index (χ2v) is 21.1. The molecule has 17 heteroatoms. The Morgan fingerprint density at radius 2 is 1.10 bits per heavy atom. The minimum Gasteiger partial charge on any atom is -0.444 e. The van der Waals surface area contributed by atoms with Crippen molar-refractivity contribution >= 4 is 57.6 Å². The first-order valence-electron chi connectivity index (χ1n) is 19.0. The Labute approximate surface area is 327 Å². The van der Waals surface area contributed by atoms with Crippen LogP contribution in [0.25, 0.3) is 0 Å². The molecule has 304 valence electrons. The quantitative estimate of drug-likeness (QED) is 0.400. The fourth-order valence-electron chi connectivity index (χ4n) is 6.43. The zero-order valence-electron chi connectivity index (χ0n) is 32.9. The van der Waals surface area contributed by atoms with E-state index in [0.717, 1.165) is 44.9 Å². The second kappa shape index (κ2) is 22.8. The SMILES string of the molecule is C1CC(N2CCSCC2)CN1.C1CSCCN1.CC(C)(C)OC(=O)N1CCC(N2CCSCC2)C1.CC(C)(C)OC(=O)N1CCC(OS(C)(=O)=O)C1. The summed E-state index contributed by atoms with van der Waals surface area (Å²) in [4.78, 5) is 32.1. The zero-order chi connectivity index (χ0) is 38.2. The molecule has 0 bridgehead atoms. The van der Waals surface area contributed by atoms with Crippen LogP contribution in [0.1, 0.15) is 60.8 Å². The van der Waals surface area contributed by atoms with Gasteiger partial charge in [0.2, 0.25) is 0 Å². The molecule has 0 aliphatic carbocycles. The molecule has 0 radical (unpaired) electrons. The van der Waals surface area contributed by atoms with E-state index in [4.69, 9.17) is 13.7 Å². The Bertz CT molecular complexity index is 1140. The average molecular weight is 813 g/mol. The van der Waals surface area contributed by atoms with E-state index in [1.807, 2.05) is 49.2 Å². The van der Waals surface area contributed by atoms with Crippen molar-refractivity contribution in [2.24, 2.45) is 0 Å². The number of thioether (sulfide) groups is 3. The minimum atomic E-state index is -3.47.